The SMILES string of the molecule is O=C(c1cc2cc(Br)ccc2oc1=O)N1CCSC1c1c2ccccc2cc2ccccc12. The summed E-state index contributed by atoms with van der Waals surface area (Å²) in [5.74, 6) is 0.510. The van der Waals surface area contributed by atoms with Gasteiger partial charge in [-0.2, -0.15) is 0 Å². The van der Waals surface area contributed by atoms with Crippen molar-refractivity contribution in [1.29, 1.82) is 0 Å². The average molecular weight is 516 g/mol. The Morgan fingerprint density at radius 1 is 0.909 bits per heavy atom. The predicted molar refractivity (Wildman–Crippen MR) is 138 cm³/mol. The molecule has 2 heterocycles. The van der Waals surface area contributed by atoms with Crippen molar-refractivity contribution in [2.75, 3.05) is 12.3 Å². The number of halogens is 1. The lowest BCUT2D eigenvalue weighted by molar-refractivity contribution is 0.0757. The Morgan fingerprint density at radius 2 is 1.61 bits per heavy atom. The second-order valence-corrected chi connectivity index (χ2v) is 10.2. The number of carbonyl (C=O) groups excluding carboxylic acids is 1. The van der Waals surface area contributed by atoms with Gasteiger partial charge in [-0.25, -0.2) is 4.79 Å². The number of rotatable bonds is 2. The summed E-state index contributed by atoms with van der Waals surface area (Å²) in [6.07, 6.45) is 0. The Hall–Kier alpha value is -3.09. The minimum atomic E-state index is -0.603. The van der Waals surface area contributed by atoms with E-state index in [0.717, 1.165) is 37.3 Å². The molecule has 0 spiro atoms. The third-order valence-corrected chi connectivity index (χ3v) is 7.85. The van der Waals surface area contributed by atoms with Crippen molar-refractivity contribution in [2.45, 2.75) is 5.37 Å². The number of hydrogen-bond acceptors (Lipinski definition) is 4. The molecular weight excluding hydrogens is 498 g/mol. The number of thioether (sulfide) groups is 1. The molecule has 1 saturated heterocycles. The van der Waals surface area contributed by atoms with Crippen LogP contribution in [0.3, 0.4) is 0 Å². The van der Waals surface area contributed by atoms with E-state index < -0.39 is 5.63 Å². The van der Waals surface area contributed by atoms with Gasteiger partial charge in [-0.15, -0.1) is 11.8 Å². The van der Waals surface area contributed by atoms with Gasteiger partial charge in [-0.1, -0.05) is 64.5 Å². The molecule has 1 atom stereocenters. The van der Waals surface area contributed by atoms with Gasteiger partial charge in [0.2, 0.25) is 0 Å². The first kappa shape index (κ1) is 20.5. The van der Waals surface area contributed by atoms with Gasteiger partial charge < -0.3 is 9.32 Å². The van der Waals surface area contributed by atoms with Crippen molar-refractivity contribution in [3.8, 4) is 0 Å². The van der Waals surface area contributed by atoms with Crippen LogP contribution in [0.15, 0.2) is 92.5 Å². The Balaban J connectivity index is 1.51. The third-order valence-electron chi connectivity index (χ3n) is 6.14. The van der Waals surface area contributed by atoms with Crippen molar-refractivity contribution in [1.82, 2.24) is 4.90 Å². The zero-order valence-electron chi connectivity index (χ0n) is 17.5. The van der Waals surface area contributed by atoms with Gasteiger partial charge in [-0.3, -0.25) is 4.79 Å². The van der Waals surface area contributed by atoms with E-state index in [1.807, 2.05) is 41.3 Å². The summed E-state index contributed by atoms with van der Waals surface area (Å²) >= 11 is 5.18. The highest BCUT2D eigenvalue weighted by Gasteiger charge is 2.34. The molecule has 33 heavy (non-hydrogen) atoms. The molecule has 4 aromatic carbocycles. The molecule has 5 aromatic rings. The van der Waals surface area contributed by atoms with Gasteiger partial charge in [0.05, 0.1) is 0 Å². The summed E-state index contributed by atoms with van der Waals surface area (Å²) in [6.45, 7) is 0.571. The largest absolute Gasteiger partial charge is 0.422 e. The monoisotopic (exact) mass is 515 g/mol. The van der Waals surface area contributed by atoms with E-state index in [0.29, 0.717) is 17.5 Å². The van der Waals surface area contributed by atoms with Gasteiger partial charge in [0.25, 0.3) is 5.91 Å². The summed E-state index contributed by atoms with van der Waals surface area (Å²) in [5, 5.41) is 5.06. The van der Waals surface area contributed by atoms with E-state index in [4.69, 9.17) is 4.42 Å². The van der Waals surface area contributed by atoms with E-state index in [2.05, 4.69) is 46.3 Å². The molecule has 1 aliphatic rings. The Labute approximate surface area is 202 Å². The fourth-order valence-electron chi connectivity index (χ4n) is 4.63. The summed E-state index contributed by atoms with van der Waals surface area (Å²) in [5.41, 5.74) is 1.05. The molecule has 0 aliphatic carbocycles. The van der Waals surface area contributed by atoms with Crippen LogP contribution >= 0.6 is 27.7 Å². The van der Waals surface area contributed by atoms with Crippen molar-refractivity contribution in [2.24, 2.45) is 0 Å². The van der Waals surface area contributed by atoms with E-state index in [9.17, 15) is 9.59 Å². The van der Waals surface area contributed by atoms with Crippen molar-refractivity contribution < 1.29 is 9.21 Å². The number of fused-ring (bicyclic) bond motifs is 3. The Kier molecular flexibility index (Phi) is 5.00. The van der Waals surface area contributed by atoms with Crippen LogP contribution in [0.2, 0.25) is 0 Å². The molecule has 0 saturated carbocycles. The van der Waals surface area contributed by atoms with Gasteiger partial charge in [0.15, 0.2) is 0 Å². The van der Waals surface area contributed by atoms with E-state index in [-0.39, 0.29) is 16.8 Å². The highest BCUT2D eigenvalue weighted by molar-refractivity contribution is 9.10. The lowest BCUT2D eigenvalue weighted by Gasteiger charge is -2.26. The molecule has 6 rings (SSSR count). The second-order valence-electron chi connectivity index (χ2n) is 8.08. The third kappa shape index (κ3) is 3.45. The highest BCUT2D eigenvalue weighted by atomic mass is 79.9. The zero-order chi connectivity index (χ0) is 22.5. The molecular formula is C27H18BrNO3S. The maximum absolute atomic E-state index is 13.7. The molecule has 1 aliphatic heterocycles. The Bertz CT molecular complexity index is 1570. The van der Waals surface area contributed by atoms with Crippen LogP contribution in [0.5, 0.6) is 0 Å². The summed E-state index contributed by atoms with van der Waals surface area (Å²) in [7, 11) is 0. The molecule has 1 aromatic heterocycles. The van der Waals surface area contributed by atoms with Crippen LogP contribution in [0.4, 0.5) is 0 Å². The molecule has 0 radical (unpaired) electrons. The van der Waals surface area contributed by atoms with Crippen LogP contribution < -0.4 is 5.63 Å². The molecule has 1 unspecified atom stereocenters. The number of carbonyl (C=O) groups is 1. The molecule has 1 fully saturated rings. The van der Waals surface area contributed by atoms with Gasteiger partial charge in [-0.05, 0) is 51.9 Å². The Morgan fingerprint density at radius 3 is 2.33 bits per heavy atom. The lowest BCUT2D eigenvalue weighted by Crippen LogP contribution is -2.33. The number of amides is 1. The highest BCUT2D eigenvalue weighted by Crippen LogP contribution is 2.44. The van der Waals surface area contributed by atoms with Crippen molar-refractivity contribution >= 4 is 66.1 Å². The molecule has 0 N–H and O–H groups in total. The van der Waals surface area contributed by atoms with E-state index in [1.165, 1.54) is 0 Å². The average Bonchev–Trinajstić information content (AvgIpc) is 3.31. The number of benzene rings is 4. The topological polar surface area (TPSA) is 50.5 Å². The van der Waals surface area contributed by atoms with Crippen molar-refractivity contribution in [3.63, 3.8) is 0 Å². The number of hydrogen-bond donors (Lipinski definition) is 0. The van der Waals surface area contributed by atoms with E-state index in [1.54, 1.807) is 23.9 Å². The smallest absolute Gasteiger partial charge is 0.349 e. The minimum absolute atomic E-state index is 0.0673. The van der Waals surface area contributed by atoms with Crippen LogP contribution in [0.1, 0.15) is 21.3 Å². The summed E-state index contributed by atoms with van der Waals surface area (Å²) in [6, 6.07) is 25.8. The van der Waals surface area contributed by atoms with Crippen LogP contribution in [-0.2, 0) is 0 Å². The van der Waals surface area contributed by atoms with E-state index >= 15 is 0 Å². The second kappa shape index (κ2) is 8.04. The first-order valence-electron chi connectivity index (χ1n) is 10.7. The van der Waals surface area contributed by atoms with Gasteiger partial charge in [0, 0.05) is 27.7 Å². The summed E-state index contributed by atoms with van der Waals surface area (Å²) < 4.78 is 6.34. The quantitative estimate of drug-likeness (QED) is 0.192. The molecule has 162 valence electrons. The number of nitrogens with zero attached hydrogens (tertiary/aromatic N) is 1. The fourth-order valence-corrected chi connectivity index (χ4v) is 6.34. The van der Waals surface area contributed by atoms with Crippen LogP contribution in [0.25, 0.3) is 32.5 Å². The summed E-state index contributed by atoms with van der Waals surface area (Å²) in [4.78, 5) is 28.3. The molecule has 6 heteroatoms. The normalized spacial score (nSPS) is 16.2. The first-order valence-corrected chi connectivity index (χ1v) is 12.5. The fraction of sp³-hybridized carbons (Fsp3) is 0.111. The maximum atomic E-state index is 13.7. The molecule has 1 amide bonds. The minimum Gasteiger partial charge on any atom is -0.422 e. The first-order chi connectivity index (χ1) is 16.1. The van der Waals surface area contributed by atoms with Gasteiger partial charge >= 0.3 is 5.63 Å². The molecule has 4 nitrogen and oxygen atoms in total. The van der Waals surface area contributed by atoms with Crippen LogP contribution in [0, 0.1) is 0 Å². The van der Waals surface area contributed by atoms with Gasteiger partial charge in [0.1, 0.15) is 16.5 Å². The zero-order valence-corrected chi connectivity index (χ0v) is 19.9. The lowest BCUT2D eigenvalue weighted by atomic mass is 9.96. The van der Waals surface area contributed by atoms with Crippen molar-refractivity contribution in [3.05, 3.63) is 105 Å². The maximum Gasteiger partial charge on any atom is 0.349 e. The standard InChI is InChI=1S/C27H18BrNO3S/c28-19-9-10-23-18(14-19)15-22(27(31)32-23)25(30)29-11-12-33-26(29)24-20-7-3-1-5-16(20)13-17-6-2-4-8-21(17)24/h1-10,13-15,26H,11-12H2. The van der Waals surface area contributed by atoms with Crippen LogP contribution in [-0.4, -0.2) is 23.1 Å². The molecule has 0 bridgehead atoms. The predicted octanol–water partition coefficient (Wildman–Crippen LogP) is 6.75.